The fraction of sp³-hybridized carbons (Fsp3) is 0.133. The van der Waals surface area contributed by atoms with Gasteiger partial charge in [0, 0.05) is 11.3 Å². The summed E-state index contributed by atoms with van der Waals surface area (Å²) in [6.45, 7) is 1.60. The number of nitrogens with one attached hydrogen (secondary N) is 1. The lowest BCUT2D eigenvalue weighted by Crippen LogP contribution is -2.14. The second-order valence-corrected chi connectivity index (χ2v) is 4.41. The van der Waals surface area contributed by atoms with Crippen LogP contribution in [0.3, 0.4) is 0 Å². The van der Waals surface area contributed by atoms with Gasteiger partial charge in [-0.15, -0.1) is 0 Å². The molecule has 0 unspecified atom stereocenters. The number of carbonyl (C=O) groups is 1. The predicted molar refractivity (Wildman–Crippen MR) is 78.8 cm³/mol. The molecule has 0 radical (unpaired) electrons. The molecule has 0 saturated heterocycles. The summed E-state index contributed by atoms with van der Waals surface area (Å²) in [7, 11) is 1.55. The third kappa shape index (κ3) is 3.17. The monoisotopic (exact) mass is 286 g/mol. The average molecular weight is 286 g/mol. The first-order chi connectivity index (χ1) is 10.0. The molecule has 21 heavy (non-hydrogen) atoms. The fourth-order valence-electron chi connectivity index (χ4n) is 1.96. The molecule has 0 aliphatic rings. The Hall–Kier alpha value is -2.89. The second kappa shape index (κ2) is 6.04. The first kappa shape index (κ1) is 14.5. The number of benzene rings is 2. The molecular weight excluding hydrogens is 272 g/mol. The van der Waals surface area contributed by atoms with E-state index in [0.29, 0.717) is 17.0 Å². The van der Waals surface area contributed by atoms with Gasteiger partial charge in [-0.1, -0.05) is 12.1 Å². The van der Waals surface area contributed by atoms with Crippen molar-refractivity contribution in [3.63, 3.8) is 0 Å². The zero-order valence-corrected chi connectivity index (χ0v) is 11.6. The minimum Gasteiger partial charge on any atom is -0.497 e. The Bertz CT molecular complexity index is 681. The van der Waals surface area contributed by atoms with E-state index < -0.39 is 10.8 Å². The molecule has 0 aliphatic carbocycles. The van der Waals surface area contributed by atoms with Crippen LogP contribution in [-0.2, 0) is 0 Å². The number of anilines is 1. The molecule has 0 bridgehead atoms. The standard InChI is InChI=1S/C15H14N2O4/c1-10-4-3-5-13(14(10)17(19)20)15(18)16-11-6-8-12(21-2)9-7-11/h3-9H,1-2H3,(H,16,18). The van der Waals surface area contributed by atoms with Gasteiger partial charge in [-0.2, -0.15) is 0 Å². The van der Waals surface area contributed by atoms with E-state index in [9.17, 15) is 14.9 Å². The lowest BCUT2D eigenvalue weighted by molar-refractivity contribution is -0.385. The van der Waals surface area contributed by atoms with E-state index in [-0.39, 0.29) is 11.3 Å². The SMILES string of the molecule is COc1ccc(NC(=O)c2cccc(C)c2[N+](=O)[O-])cc1. The Morgan fingerprint density at radius 1 is 1.19 bits per heavy atom. The van der Waals surface area contributed by atoms with Gasteiger partial charge in [-0.3, -0.25) is 14.9 Å². The normalized spacial score (nSPS) is 10.0. The Morgan fingerprint density at radius 3 is 2.43 bits per heavy atom. The van der Waals surface area contributed by atoms with Gasteiger partial charge in [0.15, 0.2) is 0 Å². The minimum atomic E-state index is -0.543. The molecule has 1 N–H and O–H groups in total. The fourth-order valence-corrected chi connectivity index (χ4v) is 1.96. The van der Waals surface area contributed by atoms with Crippen LogP contribution < -0.4 is 10.1 Å². The number of nitro groups is 1. The summed E-state index contributed by atoms with van der Waals surface area (Å²) < 4.78 is 5.02. The van der Waals surface area contributed by atoms with Crippen LogP contribution >= 0.6 is 0 Å². The van der Waals surface area contributed by atoms with Crippen LogP contribution in [0.2, 0.25) is 0 Å². The molecule has 0 spiro atoms. The third-order valence-corrected chi connectivity index (χ3v) is 3.01. The van der Waals surface area contributed by atoms with Crippen LogP contribution in [-0.4, -0.2) is 17.9 Å². The number of nitro benzene ring substituents is 1. The van der Waals surface area contributed by atoms with Crippen molar-refractivity contribution in [1.82, 2.24) is 0 Å². The average Bonchev–Trinajstić information content (AvgIpc) is 2.47. The number of aryl methyl sites for hydroxylation is 1. The van der Waals surface area contributed by atoms with Crippen molar-refractivity contribution in [2.45, 2.75) is 6.92 Å². The molecule has 0 atom stereocenters. The smallest absolute Gasteiger partial charge is 0.285 e. The highest BCUT2D eigenvalue weighted by Crippen LogP contribution is 2.24. The van der Waals surface area contributed by atoms with Crippen LogP contribution in [0.4, 0.5) is 11.4 Å². The maximum atomic E-state index is 12.2. The van der Waals surface area contributed by atoms with Crippen molar-refractivity contribution in [1.29, 1.82) is 0 Å². The van der Waals surface area contributed by atoms with Crippen molar-refractivity contribution in [3.05, 3.63) is 63.7 Å². The van der Waals surface area contributed by atoms with Gasteiger partial charge < -0.3 is 10.1 Å². The van der Waals surface area contributed by atoms with Crippen LogP contribution in [0.1, 0.15) is 15.9 Å². The summed E-state index contributed by atoms with van der Waals surface area (Å²) in [4.78, 5) is 22.7. The first-order valence-electron chi connectivity index (χ1n) is 6.22. The molecule has 2 aromatic carbocycles. The van der Waals surface area contributed by atoms with E-state index in [0.717, 1.165) is 0 Å². The summed E-state index contributed by atoms with van der Waals surface area (Å²) in [5, 5.41) is 13.7. The Morgan fingerprint density at radius 2 is 1.86 bits per heavy atom. The number of para-hydroxylation sites is 1. The van der Waals surface area contributed by atoms with Crippen molar-refractivity contribution in [3.8, 4) is 5.75 Å². The number of ether oxygens (including phenoxy) is 1. The topological polar surface area (TPSA) is 81.5 Å². The Labute approximate surface area is 121 Å². The van der Waals surface area contributed by atoms with Gasteiger partial charge in [0.25, 0.3) is 11.6 Å². The lowest BCUT2D eigenvalue weighted by Gasteiger charge is -2.08. The molecule has 2 aromatic rings. The van der Waals surface area contributed by atoms with Crippen LogP contribution in [0.5, 0.6) is 5.75 Å². The van der Waals surface area contributed by atoms with Crippen LogP contribution in [0.15, 0.2) is 42.5 Å². The highest BCUT2D eigenvalue weighted by molar-refractivity contribution is 6.07. The van der Waals surface area contributed by atoms with Crippen molar-refractivity contribution >= 4 is 17.3 Å². The van der Waals surface area contributed by atoms with E-state index in [1.54, 1.807) is 50.4 Å². The maximum absolute atomic E-state index is 12.2. The van der Waals surface area contributed by atoms with Gasteiger partial charge in [0.1, 0.15) is 11.3 Å². The van der Waals surface area contributed by atoms with Gasteiger partial charge in [0.05, 0.1) is 12.0 Å². The molecular formula is C15H14N2O4. The molecule has 108 valence electrons. The molecule has 0 fully saturated rings. The Kier molecular flexibility index (Phi) is 4.18. The number of hydrogen-bond donors (Lipinski definition) is 1. The largest absolute Gasteiger partial charge is 0.497 e. The molecule has 6 nitrogen and oxygen atoms in total. The molecule has 0 aliphatic heterocycles. The van der Waals surface area contributed by atoms with Crippen molar-refractivity contribution in [2.75, 3.05) is 12.4 Å². The minimum absolute atomic E-state index is 0.0378. The highest BCUT2D eigenvalue weighted by atomic mass is 16.6. The summed E-state index contributed by atoms with van der Waals surface area (Å²) >= 11 is 0. The zero-order chi connectivity index (χ0) is 15.4. The number of nitrogens with zero attached hydrogens (tertiary/aromatic N) is 1. The van der Waals surface area contributed by atoms with E-state index in [1.165, 1.54) is 6.07 Å². The second-order valence-electron chi connectivity index (χ2n) is 4.41. The summed E-state index contributed by atoms with van der Waals surface area (Å²) in [5.41, 5.74) is 0.846. The zero-order valence-electron chi connectivity index (χ0n) is 11.6. The molecule has 0 heterocycles. The third-order valence-electron chi connectivity index (χ3n) is 3.01. The molecule has 0 saturated carbocycles. The predicted octanol–water partition coefficient (Wildman–Crippen LogP) is 3.16. The Balaban J connectivity index is 2.28. The maximum Gasteiger partial charge on any atom is 0.285 e. The van der Waals surface area contributed by atoms with Gasteiger partial charge in [-0.25, -0.2) is 0 Å². The van der Waals surface area contributed by atoms with Crippen molar-refractivity contribution < 1.29 is 14.5 Å². The molecule has 1 amide bonds. The highest BCUT2D eigenvalue weighted by Gasteiger charge is 2.22. The summed E-state index contributed by atoms with van der Waals surface area (Å²) in [5.74, 6) is 0.144. The summed E-state index contributed by atoms with van der Waals surface area (Å²) in [6, 6.07) is 11.4. The van der Waals surface area contributed by atoms with E-state index in [1.807, 2.05) is 0 Å². The first-order valence-corrected chi connectivity index (χ1v) is 6.22. The van der Waals surface area contributed by atoms with Gasteiger partial charge in [-0.05, 0) is 37.3 Å². The molecule has 2 rings (SSSR count). The number of methoxy groups -OCH3 is 1. The van der Waals surface area contributed by atoms with E-state index in [4.69, 9.17) is 4.74 Å². The number of rotatable bonds is 4. The number of carbonyl (C=O) groups excluding carboxylic acids is 1. The van der Waals surface area contributed by atoms with Crippen molar-refractivity contribution in [2.24, 2.45) is 0 Å². The van der Waals surface area contributed by atoms with Crippen LogP contribution in [0, 0.1) is 17.0 Å². The molecule has 0 aromatic heterocycles. The quantitative estimate of drug-likeness (QED) is 0.691. The number of hydrogen-bond acceptors (Lipinski definition) is 4. The van der Waals surface area contributed by atoms with E-state index >= 15 is 0 Å². The summed E-state index contributed by atoms with van der Waals surface area (Å²) in [6.07, 6.45) is 0. The van der Waals surface area contributed by atoms with Gasteiger partial charge >= 0.3 is 0 Å². The number of amides is 1. The lowest BCUT2D eigenvalue weighted by atomic mass is 10.1. The molecule has 6 heteroatoms. The van der Waals surface area contributed by atoms with Gasteiger partial charge in [0.2, 0.25) is 0 Å². The van der Waals surface area contributed by atoms with E-state index in [2.05, 4.69) is 5.32 Å². The van der Waals surface area contributed by atoms with Crippen LogP contribution in [0.25, 0.3) is 0 Å².